The van der Waals surface area contributed by atoms with Gasteiger partial charge >= 0.3 is 5.63 Å². The maximum absolute atomic E-state index is 12.4. The summed E-state index contributed by atoms with van der Waals surface area (Å²) in [5.41, 5.74) is 4.37. The van der Waals surface area contributed by atoms with Gasteiger partial charge in [-0.1, -0.05) is 6.07 Å². The van der Waals surface area contributed by atoms with Crippen LogP contribution in [-0.2, 0) is 19.4 Å². The predicted octanol–water partition coefficient (Wildman–Crippen LogP) is 3.34. The molecule has 0 N–H and O–H groups in total. The zero-order valence-corrected chi connectivity index (χ0v) is 14.0. The van der Waals surface area contributed by atoms with E-state index in [1.54, 1.807) is 0 Å². The van der Waals surface area contributed by atoms with Crippen molar-refractivity contribution in [1.29, 1.82) is 0 Å². The summed E-state index contributed by atoms with van der Waals surface area (Å²) in [5, 5.41) is 1.05. The molecule has 3 heterocycles. The van der Waals surface area contributed by atoms with Gasteiger partial charge in [-0.25, -0.2) is 9.78 Å². The van der Waals surface area contributed by atoms with Gasteiger partial charge in [0.1, 0.15) is 17.2 Å². The van der Waals surface area contributed by atoms with Crippen molar-refractivity contribution in [3.63, 3.8) is 0 Å². The van der Waals surface area contributed by atoms with E-state index < -0.39 is 0 Å². The van der Waals surface area contributed by atoms with Gasteiger partial charge in [-0.15, -0.1) is 0 Å². The minimum absolute atomic E-state index is 0.195. The van der Waals surface area contributed by atoms with Crippen molar-refractivity contribution in [3.8, 4) is 5.75 Å². The van der Waals surface area contributed by atoms with E-state index in [9.17, 15) is 4.79 Å². The normalized spacial score (nSPS) is 15.8. The Morgan fingerprint density at radius 2 is 1.96 bits per heavy atom. The van der Waals surface area contributed by atoms with E-state index in [4.69, 9.17) is 9.15 Å². The van der Waals surface area contributed by atoms with Crippen LogP contribution in [0.2, 0.25) is 0 Å². The molecule has 2 aromatic heterocycles. The largest absolute Gasteiger partial charge is 0.473 e. The molecule has 5 nitrogen and oxygen atoms in total. The number of benzene rings is 1. The monoisotopic (exact) mass is 334 g/mol. The summed E-state index contributed by atoms with van der Waals surface area (Å²) in [6.45, 7) is 3.02. The zero-order chi connectivity index (χ0) is 17.0. The van der Waals surface area contributed by atoms with E-state index in [0.29, 0.717) is 18.9 Å². The highest BCUT2D eigenvalue weighted by Crippen LogP contribution is 2.36. The molecule has 0 atom stereocenters. The molecule has 0 amide bonds. The lowest BCUT2D eigenvalue weighted by atomic mass is 10.0. The Kier molecular flexibility index (Phi) is 3.10. The second kappa shape index (κ2) is 5.34. The Labute approximate surface area is 144 Å². The van der Waals surface area contributed by atoms with Crippen molar-refractivity contribution in [2.24, 2.45) is 0 Å². The molecular weight excluding hydrogens is 316 g/mol. The molecule has 0 saturated carbocycles. The molecule has 3 aromatic rings. The first-order valence-corrected chi connectivity index (χ1v) is 8.62. The van der Waals surface area contributed by atoms with Crippen LogP contribution in [0.3, 0.4) is 0 Å². The van der Waals surface area contributed by atoms with Crippen LogP contribution in [0.4, 0.5) is 5.82 Å². The zero-order valence-electron chi connectivity index (χ0n) is 14.0. The van der Waals surface area contributed by atoms with Crippen LogP contribution in [0.1, 0.15) is 28.8 Å². The molecule has 126 valence electrons. The van der Waals surface area contributed by atoms with Crippen molar-refractivity contribution >= 4 is 16.8 Å². The van der Waals surface area contributed by atoms with Crippen LogP contribution < -0.4 is 15.3 Å². The Morgan fingerprint density at radius 1 is 1.08 bits per heavy atom. The van der Waals surface area contributed by atoms with E-state index in [2.05, 4.69) is 9.88 Å². The Balaban J connectivity index is 1.66. The number of anilines is 1. The molecule has 1 aromatic carbocycles. The maximum Gasteiger partial charge on any atom is 0.339 e. The third-order valence-corrected chi connectivity index (χ3v) is 5.12. The van der Waals surface area contributed by atoms with Gasteiger partial charge in [0.15, 0.2) is 6.73 Å². The molecule has 0 bridgehead atoms. The first kappa shape index (κ1) is 14.5. The predicted molar refractivity (Wildman–Crippen MR) is 95.2 cm³/mol. The molecule has 0 fully saturated rings. The molecule has 5 rings (SSSR count). The molecule has 0 unspecified atom stereocenters. The molecule has 25 heavy (non-hydrogen) atoms. The van der Waals surface area contributed by atoms with E-state index in [1.165, 1.54) is 0 Å². The fourth-order valence-corrected chi connectivity index (χ4v) is 3.91. The number of ether oxygens (including phenoxy) is 1. The number of aromatic nitrogens is 1. The summed E-state index contributed by atoms with van der Waals surface area (Å²) in [6, 6.07) is 9.96. The third-order valence-electron chi connectivity index (χ3n) is 5.12. The molecule has 1 aliphatic carbocycles. The maximum atomic E-state index is 12.4. The summed E-state index contributed by atoms with van der Waals surface area (Å²) >= 11 is 0. The lowest BCUT2D eigenvalue weighted by Gasteiger charge is -2.30. The van der Waals surface area contributed by atoms with Crippen LogP contribution >= 0.6 is 0 Å². The Morgan fingerprint density at radius 3 is 2.84 bits per heavy atom. The number of pyridine rings is 1. The lowest BCUT2D eigenvalue weighted by molar-refractivity contribution is 0.288. The summed E-state index contributed by atoms with van der Waals surface area (Å²) in [5.74, 6) is 1.66. The second-order valence-electron chi connectivity index (χ2n) is 6.73. The highest BCUT2D eigenvalue weighted by molar-refractivity contribution is 5.87. The Bertz CT molecular complexity index is 1050. The van der Waals surface area contributed by atoms with Gasteiger partial charge < -0.3 is 14.1 Å². The second-order valence-corrected chi connectivity index (χ2v) is 6.73. The first-order chi connectivity index (χ1) is 12.2. The number of hydrogen-bond donors (Lipinski definition) is 0. The molecular formula is C20H18N2O3. The summed E-state index contributed by atoms with van der Waals surface area (Å²) < 4.78 is 11.6. The molecule has 2 aliphatic rings. The van der Waals surface area contributed by atoms with Gasteiger partial charge in [-0.05, 0) is 56.0 Å². The van der Waals surface area contributed by atoms with Crippen LogP contribution in [0, 0.1) is 6.92 Å². The number of hydrogen-bond acceptors (Lipinski definition) is 5. The summed E-state index contributed by atoms with van der Waals surface area (Å²) in [4.78, 5) is 19.0. The van der Waals surface area contributed by atoms with Crippen molar-refractivity contribution in [2.75, 3.05) is 11.6 Å². The fourth-order valence-electron chi connectivity index (χ4n) is 3.91. The fraction of sp³-hybridized carbons (Fsp3) is 0.300. The van der Waals surface area contributed by atoms with Gasteiger partial charge in [0, 0.05) is 16.6 Å². The standard InChI is InChI=1S/C20H18N2O3/c1-12-4-2-7-18(21-12)22-10-16-17(24-11-22)9-8-14-13-5-3-6-15(13)20(23)25-19(14)16/h2,4,7-9H,3,5-6,10-11H2,1H3. The molecule has 0 saturated heterocycles. The van der Waals surface area contributed by atoms with Gasteiger partial charge in [0.05, 0.1) is 12.1 Å². The third kappa shape index (κ3) is 2.22. The molecule has 0 spiro atoms. The topological polar surface area (TPSA) is 55.6 Å². The summed E-state index contributed by atoms with van der Waals surface area (Å²) in [7, 11) is 0. The number of nitrogens with zero attached hydrogens (tertiary/aromatic N) is 2. The smallest absolute Gasteiger partial charge is 0.339 e. The lowest BCUT2D eigenvalue weighted by Crippen LogP contribution is -2.32. The van der Waals surface area contributed by atoms with E-state index in [0.717, 1.165) is 58.6 Å². The van der Waals surface area contributed by atoms with Crippen LogP contribution in [0.25, 0.3) is 11.0 Å². The highest BCUT2D eigenvalue weighted by atomic mass is 16.5. The average molecular weight is 334 g/mol. The van der Waals surface area contributed by atoms with Gasteiger partial charge in [0.2, 0.25) is 0 Å². The summed E-state index contributed by atoms with van der Waals surface area (Å²) in [6.07, 6.45) is 2.78. The molecule has 0 radical (unpaired) electrons. The minimum Gasteiger partial charge on any atom is -0.473 e. The van der Waals surface area contributed by atoms with Gasteiger partial charge in [-0.2, -0.15) is 0 Å². The number of rotatable bonds is 1. The van der Waals surface area contributed by atoms with Gasteiger partial charge in [-0.3, -0.25) is 0 Å². The first-order valence-electron chi connectivity index (χ1n) is 8.62. The van der Waals surface area contributed by atoms with Crippen LogP contribution in [0.5, 0.6) is 5.75 Å². The minimum atomic E-state index is -0.195. The van der Waals surface area contributed by atoms with Crippen LogP contribution in [-0.4, -0.2) is 11.7 Å². The highest BCUT2D eigenvalue weighted by Gasteiger charge is 2.26. The SMILES string of the molecule is Cc1cccc(N2COc3ccc4c5c(c(=O)oc4c3C2)CCC5)n1. The van der Waals surface area contributed by atoms with Gasteiger partial charge in [0.25, 0.3) is 0 Å². The van der Waals surface area contributed by atoms with Crippen molar-refractivity contribution < 1.29 is 9.15 Å². The number of fused-ring (bicyclic) bond motifs is 5. The number of aryl methyl sites for hydroxylation is 2. The van der Waals surface area contributed by atoms with Crippen LogP contribution in [0.15, 0.2) is 39.5 Å². The average Bonchev–Trinajstić information content (AvgIpc) is 3.12. The molecule has 5 heteroatoms. The van der Waals surface area contributed by atoms with E-state index >= 15 is 0 Å². The van der Waals surface area contributed by atoms with Crippen molar-refractivity contribution in [3.05, 3.63) is 63.1 Å². The van der Waals surface area contributed by atoms with Crippen molar-refractivity contribution in [1.82, 2.24) is 4.98 Å². The Hall–Kier alpha value is -2.82. The van der Waals surface area contributed by atoms with Crippen molar-refractivity contribution in [2.45, 2.75) is 32.7 Å². The quantitative estimate of drug-likeness (QED) is 0.639. The van der Waals surface area contributed by atoms with E-state index in [-0.39, 0.29) is 5.63 Å². The van der Waals surface area contributed by atoms with E-state index in [1.807, 2.05) is 37.3 Å². The molecule has 1 aliphatic heterocycles.